The van der Waals surface area contributed by atoms with Crippen molar-refractivity contribution >= 4 is 10.9 Å². The third kappa shape index (κ3) is 1.78. The summed E-state index contributed by atoms with van der Waals surface area (Å²) in [5.74, 6) is 0.228. The maximum atomic E-state index is 10.8. The van der Waals surface area contributed by atoms with Gasteiger partial charge in [0.25, 0.3) is 10.9 Å². The fourth-order valence-corrected chi connectivity index (χ4v) is 2.08. The van der Waals surface area contributed by atoms with Crippen LogP contribution < -0.4 is 0 Å². The van der Waals surface area contributed by atoms with Gasteiger partial charge in [0.05, 0.1) is 13.6 Å². The van der Waals surface area contributed by atoms with Gasteiger partial charge >= 0.3 is 0 Å². The smallest absolute Gasteiger partial charge is 0.286 e. The molecule has 0 aromatic heterocycles. The number of hydrogen-bond donors (Lipinski definition) is 2. The van der Waals surface area contributed by atoms with Gasteiger partial charge in [-0.3, -0.25) is 0 Å². The third-order valence-electron chi connectivity index (χ3n) is 2.70. The summed E-state index contributed by atoms with van der Waals surface area (Å²) in [6.07, 6.45) is 0.303. The summed E-state index contributed by atoms with van der Waals surface area (Å²) in [7, 11) is -0.815. The number of hydrogen-bond acceptors (Lipinski definition) is 3. The zero-order chi connectivity index (χ0) is 9.35. The van der Waals surface area contributed by atoms with Crippen LogP contribution in [0.2, 0.25) is 0 Å². The molecule has 0 aliphatic carbocycles. The lowest BCUT2D eigenvalue weighted by atomic mass is 9.96. The second-order valence-electron chi connectivity index (χ2n) is 3.82. The SMILES string of the molecule is C[C@@H]1CC[N@@+](C)([SH](=O)=O)CC1O. The molecule has 0 radical (unpaired) electrons. The molecule has 5 heteroatoms. The first-order chi connectivity index (χ1) is 5.46. The largest absolute Gasteiger partial charge is 0.387 e. The van der Waals surface area contributed by atoms with Crippen molar-refractivity contribution in [3.05, 3.63) is 0 Å². The maximum Gasteiger partial charge on any atom is 0.286 e. The van der Waals surface area contributed by atoms with E-state index in [9.17, 15) is 13.5 Å². The minimum Gasteiger partial charge on any atom is -0.387 e. The molecule has 0 bridgehead atoms. The van der Waals surface area contributed by atoms with Crippen molar-refractivity contribution in [2.24, 2.45) is 5.92 Å². The highest BCUT2D eigenvalue weighted by Crippen LogP contribution is 2.21. The summed E-state index contributed by atoms with van der Waals surface area (Å²) in [5, 5.41) is 9.48. The lowest BCUT2D eigenvalue weighted by molar-refractivity contribution is -0.793. The zero-order valence-corrected chi connectivity index (χ0v) is 8.33. The fourth-order valence-electron chi connectivity index (χ4n) is 1.50. The van der Waals surface area contributed by atoms with Crippen LogP contribution in [0, 0.1) is 5.92 Å². The van der Waals surface area contributed by atoms with E-state index in [-0.39, 0.29) is 9.81 Å². The van der Waals surface area contributed by atoms with E-state index < -0.39 is 17.0 Å². The summed E-state index contributed by atoms with van der Waals surface area (Å²) >= 11 is 0. The third-order valence-corrected chi connectivity index (χ3v) is 3.85. The molecule has 1 heterocycles. The van der Waals surface area contributed by atoms with Gasteiger partial charge < -0.3 is 5.11 Å². The van der Waals surface area contributed by atoms with Gasteiger partial charge in [0, 0.05) is 6.42 Å². The predicted molar refractivity (Wildman–Crippen MR) is 46.0 cm³/mol. The van der Waals surface area contributed by atoms with Gasteiger partial charge in [0.1, 0.15) is 12.6 Å². The fraction of sp³-hybridized carbons (Fsp3) is 1.00. The highest BCUT2D eigenvalue weighted by atomic mass is 32.2. The Hall–Kier alpha value is -0.130. The molecule has 12 heavy (non-hydrogen) atoms. The molecule has 4 nitrogen and oxygen atoms in total. The lowest BCUT2D eigenvalue weighted by Gasteiger charge is -2.36. The molecule has 1 aliphatic rings. The second kappa shape index (κ2) is 3.32. The van der Waals surface area contributed by atoms with E-state index in [4.69, 9.17) is 0 Å². The van der Waals surface area contributed by atoms with Crippen LogP contribution in [0.1, 0.15) is 13.3 Å². The molecule has 0 aromatic rings. The molecule has 0 aromatic carbocycles. The topological polar surface area (TPSA) is 54.4 Å². The molecule has 1 N–H and O–H groups in total. The van der Waals surface area contributed by atoms with E-state index >= 15 is 0 Å². The van der Waals surface area contributed by atoms with Crippen LogP contribution in [-0.2, 0) is 10.9 Å². The Balaban J connectivity index is 2.73. The van der Waals surface area contributed by atoms with Crippen molar-refractivity contribution in [2.45, 2.75) is 19.4 Å². The van der Waals surface area contributed by atoms with Gasteiger partial charge in [-0.05, 0) is 5.92 Å². The quantitative estimate of drug-likeness (QED) is 0.431. The first-order valence-corrected chi connectivity index (χ1v) is 5.26. The maximum absolute atomic E-state index is 10.8. The summed E-state index contributed by atoms with van der Waals surface area (Å²) in [4.78, 5) is 0. The molecule has 72 valence electrons. The molecule has 0 saturated carbocycles. The van der Waals surface area contributed by atoms with Crippen LogP contribution >= 0.6 is 0 Å². The van der Waals surface area contributed by atoms with Gasteiger partial charge in [0.15, 0.2) is 0 Å². The minimum absolute atomic E-state index is 0.0131. The lowest BCUT2D eigenvalue weighted by Crippen LogP contribution is -2.54. The van der Waals surface area contributed by atoms with Crippen LogP contribution in [0.3, 0.4) is 0 Å². The van der Waals surface area contributed by atoms with Crippen LogP contribution in [-0.4, -0.2) is 43.7 Å². The molecular formula is C7H16NO3S+. The minimum atomic E-state index is -2.47. The Morgan fingerprint density at radius 1 is 1.50 bits per heavy atom. The Morgan fingerprint density at radius 2 is 2.08 bits per heavy atom. The van der Waals surface area contributed by atoms with Crippen LogP contribution in [0.15, 0.2) is 0 Å². The molecular weight excluding hydrogens is 178 g/mol. The second-order valence-corrected chi connectivity index (χ2v) is 5.26. The first-order valence-electron chi connectivity index (χ1n) is 4.13. The standard InChI is InChI=1S/C7H16NO3S/c1-6-3-4-8(2,12(10)11)5-7(6)9/h6-7,9,12H,3-5H2,1-2H3/q+1/t6-,7?,8-/m1/s1. The Bertz CT molecular complexity index is 233. The van der Waals surface area contributed by atoms with Crippen LogP contribution in [0.5, 0.6) is 0 Å². The van der Waals surface area contributed by atoms with Crippen molar-refractivity contribution in [2.75, 3.05) is 20.1 Å². The molecule has 1 saturated heterocycles. The molecule has 3 atom stereocenters. The summed E-state index contributed by atoms with van der Waals surface area (Å²) in [6, 6.07) is 0. The number of aliphatic hydroxyl groups excluding tert-OH is 1. The monoisotopic (exact) mass is 194 g/mol. The normalized spacial score (nSPS) is 43.3. The molecule has 1 aliphatic heterocycles. The zero-order valence-electron chi connectivity index (χ0n) is 7.43. The van der Waals surface area contributed by atoms with Gasteiger partial charge in [-0.25, -0.2) is 3.89 Å². The molecule has 0 spiro atoms. The van der Waals surface area contributed by atoms with E-state index in [1.54, 1.807) is 7.05 Å². The van der Waals surface area contributed by atoms with E-state index in [0.29, 0.717) is 13.1 Å². The predicted octanol–water partition coefficient (Wildman–Crippen LogP) is -0.640. The molecule has 1 rings (SSSR count). The van der Waals surface area contributed by atoms with Crippen molar-refractivity contribution in [1.82, 2.24) is 0 Å². The van der Waals surface area contributed by atoms with E-state index in [0.717, 1.165) is 6.42 Å². The number of rotatable bonds is 1. The Morgan fingerprint density at radius 3 is 2.50 bits per heavy atom. The highest BCUT2D eigenvalue weighted by Gasteiger charge is 2.36. The Labute approximate surface area is 74.5 Å². The van der Waals surface area contributed by atoms with Crippen LogP contribution in [0.25, 0.3) is 0 Å². The number of likely N-dealkylation sites (N-methyl/N-ethyl adjacent to an activating group) is 1. The van der Waals surface area contributed by atoms with E-state index in [1.807, 2.05) is 6.92 Å². The highest BCUT2D eigenvalue weighted by molar-refractivity contribution is 7.66. The Kier molecular flexibility index (Phi) is 2.75. The van der Waals surface area contributed by atoms with Gasteiger partial charge in [0.2, 0.25) is 0 Å². The van der Waals surface area contributed by atoms with E-state index in [1.165, 1.54) is 0 Å². The summed E-state index contributed by atoms with van der Waals surface area (Å²) < 4.78 is 21.6. The number of quaternary nitrogens is 1. The number of piperidine rings is 1. The number of nitrogens with zero attached hydrogens (tertiary/aromatic N) is 1. The van der Waals surface area contributed by atoms with Crippen molar-refractivity contribution in [3.8, 4) is 0 Å². The summed E-state index contributed by atoms with van der Waals surface area (Å²) in [5.41, 5.74) is 0. The average molecular weight is 194 g/mol. The molecule has 1 fully saturated rings. The van der Waals surface area contributed by atoms with Gasteiger partial charge in [-0.15, -0.1) is 0 Å². The number of aliphatic hydroxyl groups is 1. The van der Waals surface area contributed by atoms with Crippen molar-refractivity contribution in [3.63, 3.8) is 0 Å². The van der Waals surface area contributed by atoms with Crippen molar-refractivity contribution < 1.29 is 17.4 Å². The average Bonchev–Trinajstić information content (AvgIpc) is 1.97. The number of thiol groups is 1. The van der Waals surface area contributed by atoms with Crippen LogP contribution in [0.4, 0.5) is 0 Å². The molecule has 1 unspecified atom stereocenters. The first kappa shape index (κ1) is 9.95. The van der Waals surface area contributed by atoms with Crippen molar-refractivity contribution in [1.29, 1.82) is 0 Å². The molecule has 0 amide bonds. The summed E-state index contributed by atoms with van der Waals surface area (Å²) in [6.45, 7) is 2.91. The van der Waals surface area contributed by atoms with Gasteiger partial charge in [-0.2, -0.15) is 8.42 Å². The van der Waals surface area contributed by atoms with E-state index in [2.05, 4.69) is 0 Å². The van der Waals surface area contributed by atoms with Gasteiger partial charge in [-0.1, -0.05) is 6.92 Å². The number of likely N-dealkylation sites (tertiary alicyclic amines) is 1.